The highest BCUT2D eigenvalue weighted by Crippen LogP contribution is 2.25. The maximum absolute atomic E-state index is 12.5. The van der Waals surface area contributed by atoms with Gasteiger partial charge in [0.05, 0.1) is 11.6 Å². The molecule has 1 N–H and O–H groups in total. The third-order valence-corrected chi connectivity index (χ3v) is 5.47. The van der Waals surface area contributed by atoms with E-state index in [9.17, 15) is 4.79 Å². The molecule has 0 saturated heterocycles. The van der Waals surface area contributed by atoms with Crippen LogP contribution in [0.1, 0.15) is 22.7 Å². The van der Waals surface area contributed by atoms with Crippen molar-refractivity contribution in [3.8, 4) is 0 Å². The first kappa shape index (κ1) is 12.8. The van der Waals surface area contributed by atoms with Crippen molar-refractivity contribution in [3.63, 3.8) is 0 Å². The lowest BCUT2D eigenvalue weighted by atomic mass is 10.2. The van der Waals surface area contributed by atoms with Gasteiger partial charge in [0.1, 0.15) is 4.70 Å². The summed E-state index contributed by atoms with van der Waals surface area (Å²) in [6, 6.07) is 5.98. The Balaban J connectivity index is 2.25. The summed E-state index contributed by atoms with van der Waals surface area (Å²) < 4.78 is 2.88. The first-order valence-corrected chi connectivity index (χ1v) is 7.96. The van der Waals surface area contributed by atoms with Crippen LogP contribution in [0.3, 0.4) is 0 Å². The maximum atomic E-state index is 12.5. The van der Waals surface area contributed by atoms with E-state index in [0.717, 1.165) is 15.1 Å². The van der Waals surface area contributed by atoms with Gasteiger partial charge in [-0.2, -0.15) is 0 Å². The third kappa shape index (κ3) is 2.09. The molecule has 3 aromatic rings. The van der Waals surface area contributed by atoms with Crippen molar-refractivity contribution in [2.45, 2.75) is 19.9 Å². The van der Waals surface area contributed by atoms with Crippen LogP contribution in [0, 0.1) is 11.7 Å². The minimum absolute atomic E-state index is 0.00713. The largest absolute Gasteiger partial charge is 0.331 e. The molecule has 0 aliphatic carbocycles. The van der Waals surface area contributed by atoms with Gasteiger partial charge in [-0.15, -0.1) is 22.7 Å². The first-order valence-electron chi connectivity index (χ1n) is 5.86. The van der Waals surface area contributed by atoms with Crippen LogP contribution in [0.15, 0.2) is 28.4 Å². The number of thiophene rings is 2. The van der Waals surface area contributed by atoms with E-state index < -0.39 is 0 Å². The van der Waals surface area contributed by atoms with E-state index in [1.54, 1.807) is 15.9 Å². The molecule has 98 valence electrons. The number of rotatable bonds is 2. The van der Waals surface area contributed by atoms with Crippen LogP contribution in [0.4, 0.5) is 0 Å². The first-order chi connectivity index (χ1) is 9.08. The summed E-state index contributed by atoms with van der Waals surface area (Å²) in [6.45, 7) is 4.07. The Kier molecular flexibility index (Phi) is 3.16. The molecule has 6 heteroatoms. The second-order valence-electron chi connectivity index (χ2n) is 4.39. The molecule has 0 bridgehead atoms. The number of hydrogen-bond acceptors (Lipinski definition) is 4. The van der Waals surface area contributed by atoms with Crippen molar-refractivity contribution < 1.29 is 0 Å². The number of H-pyrrole nitrogens is 1. The SMILES string of the molecule is Cc1ccc(C(C)n2c(=S)[nH]c3ccsc3c2=O)s1. The molecule has 3 heterocycles. The monoisotopic (exact) mass is 308 g/mol. The van der Waals surface area contributed by atoms with E-state index in [1.165, 1.54) is 16.2 Å². The molecule has 0 aliphatic heterocycles. The lowest BCUT2D eigenvalue weighted by Gasteiger charge is -2.13. The van der Waals surface area contributed by atoms with Gasteiger partial charge in [0.25, 0.3) is 5.56 Å². The number of aryl methyl sites for hydroxylation is 1. The van der Waals surface area contributed by atoms with Gasteiger partial charge in [-0.1, -0.05) is 0 Å². The second-order valence-corrected chi connectivity index (χ2v) is 7.02. The van der Waals surface area contributed by atoms with Gasteiger partial charge >= 0.3 is 0 Å². The molecule has 3 aromatic heterocycles. The van der Waals surface area contributed by atoms with E-state index in [0.29, 0.717) is 4.77 Å². The normalized spacial score (nSPS) is 12.9. The molecule has 1 unspecified atom stereocenters. The van der Waals surface area contributed by atoms with Crippen LogP contribution in [0.2, 0.25) is 0 Å². The fourth-order valence-electron chi connectivity index (χ4n) is 2.11. The molecule has 0 saturated carbocycles. The van der Waals surface area contributed by atoms with Crippen LogP contribution in [0.25, 0.3) is 10.2 Å². The molecule has 0 spiro atoms. The summed E-state index contributed by atoms with van der Waals surface area (Å²) in [4.78, 5) is 18.0. The molecule has 0 aliphatic rings. The average Bonchev–Trinajstić information content (AvgIpc) is 2.97. The number of hydrogen-bond donors (Lipinski definition) is 1. The summed E-state index contributed by atoms with van der Waals surface area (Å²) in [5.74, 6) is 0. The topological polar surface area (TPSA) is 37.8 Å². The smallest absolute Gasteiger partial charge is 0.272 e. The van der Waals surface area contributed by atoms with Crippen LogP contribution < -0.4 is 5.56 Å². The molecule has 0 fully saturated rings. The van der Waals surface area contributed by atoms with Gasteiger partial charge in [0, 0.05) is 9.75 Å². The van der Waals surface area contributed by atoms with Gasteiger partial charge < -0.3 is 4.98 Å². The Bertz CT molecular complexity index is 853. The summed E-state index contributed by atoms with van der Waals surface area (Å²) >= 11 is 8.48. The Morgan fingerprint density at radius 2 is 2.16 bits per heavy atom. The maximum Gasteiger partial charge on any atom is 0.272 e. The molecule has 3 nitrogen and oxygen atoms in total. The van der Waals surface area contributed by atoms with E-state index in [-0.39, 0.29) is 11.6 Å². The highest BCUT2D eigenvalue weighted by Gasteiger charge is 2.15. The van der Waals surface area contributed by atoms with Crippen LogP contribution in [0.5, 0.6) is 0 Å². The van der Waals surface area contributed by atoms with Gasteiger partial charge in [-0.3, -0.25) is 9.36 Å². The van der Waals surface area contributed by atoms with E-state index in [4.69, 9.17) is 12.2 Å². The predicted molar refractivity (Wildman–Crippen MR) is 84.1 cm³/mol. The molecule has 0 amide bonds. The number of aromatic nitrogens is 2. The highest BCUT2D eigenvalue weighted by molar-refractivity contribution is 7.71. The second kappa shape index (κ2) is 4.70. The van der Waals surface area contributed by atoms with Gasteiger partial charge in [-0.05, 0) is 49.6 Å². The zero-order valence-electron chi connectivity index (χ0n) is 10.5. The molecule has 19 heavy (non-hydrogen) atoms. The standard InChI is InChI=1S/C13H12N2OS3/c1-7-3-4-10(19-7)8(2)15-12(16)11-9(5-6-18-11)14-13(15)17/h3-6,8H,1-2H3,(H,14,17). The third-order valence-electron chi connectivity index (χ3n) is 3.10. The fourth-order valence-corrected chi connectivity index (χ4v) is 4.16. The van der Waals surface area contributed by atoms with Gasteiger partial charge in [-0.25, -0.2) is 0 Å². The lowest BCUT2D eigenvalue weighted by molar-refractivity contribution is 0.610. The summed E-state index contributed by atoms with van der Waals surface area (Å²) in [5, 5.41) is 1.90. The van der Waals surface area contributed by atoms with E-state index in [1.807, 2.05) is 18.4 Å². The van der Waals surface area contributed by atoms with E-state index >= 15 is 0 Å². The van der Waals surface area contributed by atoms with Crippen LogP contribution in [-0.2, 0) is 0 Å². The molecule has 1 atom stereocenters. The number of aromatic amines is 1. The van der Waals surface area contributed by atoms with Gasteiger partial charge in [0.15, 0.2) is 4.77 Å². The zero-order valence-corrected chi connectivity index (χ0v) is 12.9. The molecular weight excluding hydrogens is 296 g/mol. The molecular formula is C13H12N2OS3. The van der Waals surface area contributed by atoms with E-state index in [2.05, 4.69) is 24.0 Å². The van der Waals surface area contributed by atoms with Crippen LogP contribution in [-0.4, -0.2) is 9.55 Å². The Morgan fingerprint density at radius 3 is 2.84 bits per heavy atom. The Labute approximate surface area is 123 Å². The number of fused-ring (bicyclic) bond motifs is 1. The van der Waals surface area contributed by atoms with Crippen molar-refractivity contribution in [2.75, 3.05) is 0 Å². The number of nitrogens with zero attached hydrogens (tertiary/aromatic N) is 1. The van der Waals surface area contributed by atoms with Crippen molar-refractivity contribution in [2.24, 2.45) is 0 Å². The molecule has 0 radical (unpaired) electrons. The van der Waals surface area contributed by atoms with Crippen molar-refractivity contribution in [1.82, 2.24) is 9.55 Å². The van der Waals surface area contributed by atoms with Crippen molar-refractivity contribution in [1.29, 1.82) is 0 Å². The number of nitrogens with one attached hydrogen (secondary N) is 1. The minimum atomic E-state index is -0.0403. The van der Waals surface area contributed by atoms with Crippen LogP contribution >= 0.6 is 34.9 Å². The zero-order chi connectivity index (χ0) is 13.6. The quantitative estimate of drug-likeness (QED) is 0.724. The Hall–Kier alpha value is -1.24. The fraction of sp³-hybridized carbons (Fsp3) is 0.231. The van der Waals surface area contributed by atoms with Crippen molar-refractivity contribution in [3.05, 3.63) is 48.5 Å². The summed E-state index contributed by atoms with van der Waals surface area (Å²) in [5.41, 5.74) is 0.818. The predicted octanol–water partition coefficient (Wildman–Crippen LogP) is 4.10. The Morgan fingerprint density at radius 1 is 1.37 bits per heavy atom. The lowest BCUT2D eigenvalue weighted by Crippen LogP contribution is -2.24. The summed E-state index contributed by atoms with van der Waals surface area (Å²) in [7, 11) is 0. The minimum Gasteiger partial charge on any atom is -0.331 e. The highest BCUT2D eigenvalue weighted by atomic mass is 32.1. The van der Waals surface area contributed by atoms with Crippen molar-refractivity contribution >= 4 is 45.1 Å². The summed E-state index contributed by atoms with van der Waals surface area (Å²) in [6.07, 6.45) is 0. The van der Waals surface area contributed by atoms with Gasteiger partial charge in [0.2, 0.25) is 0 Å². The molecule has 3 rings (SSSR count). The average molecular weight is 308 g/mol. The molecule has 0 aromatic carbocycles.